The van der Waals surface area contributed by atoms with E-state index in [9.17, 15) is 5.26 Å². The summed E-state index contributed by atoms with van der Waals surface area (Å²) in [7, 11) is 0. The van der Waals surface area contributed by atoms with Gasteiger partial charge in [0.2, 0.25) is 0 Å². The SMILES string of the molecule is CCc1nccn1CCC(C#N)(c1ccccc1)c1ccccc1. The molecule has 120 valence electrons. The van der Waals surface area contributed by atoms with E-state index < -0.39 is 5.41 Å². The van der Waals surface area contributed by atoms with Crippen LogP contribution in [0.3, 0.4) is 0 Å². The number of nitriles is 1. The molecule has 0 aliphatic heterocycles. The molecule has 2 aromatic carbocycles. The molecule has 0 unspecified atom stereocenters. The molecule has 24 heavy (non-hydrogen) atoms. The molecule has 0 N–H and O–H groups in total. The molecule has 0 bridgehead atoms. The van der Waals surface area contributed by atoms with Gasteiger partial charge in [0.25, 0.3) is 0 Å². The number of benzene rings is 2. The van der Waals surface area contributed by atoms with Crippen LogP contribution >= 0.6 is 0 Å². The Bertz CT molecular complexity index is 774. The minimum absolute atomic E-state index is 0.655. The van der Waals surface area contributed by atoms with E-state index in [-0.39, 0.29) is 0 Å². The Morgan fingerprint density at radius 1 is 1.00 bits per heavy atom. The van der Waals surface area contributed by atoms with E-state index in [2.05, 4.69) is 22.5 Å². The molecule has 0 aliphatic rings. The highest BCUT2D eigenvalue weighted by Gasteiger charge is 2.34. The maximum absolute atomic E-state index is 10.2. The first-order valence-corrected chi connectivity index (χ1v) is 8.32. The van der Waals surface area contributed by atoms with Crippen molar-refractivity contribution in [3.8, 4) is 6.07 Å². The Morgan fingerprint density at radius 3 is 2.08 bits per heavy atom. The number of hydrogen-bond donors (Lipinski definition) is 0. The predicted molar refractivity (Wildman–Crippen MR) is 95.5 cm³/mol. The first-order valence-electron chi connectivity index (χ1n) is 8.32. The van der Waals surface area contributed by atoms with Crippen LogP contribution < -0.4 is 0 Å². The largest absolute Gasteiger partial charge is 0.335 e. The summed E-state index contributed by atoms with van der Waals surface area (Å²) in [4.78, 5) is 4.39. The van der Waals surface area contributed by atoms with Gasteiger partial charge >= 0.3 is 0 Å². The van der Waals surface area contributed by atoms with Crippen LogP contribution in [0.2, 0.25) is 0 Å². The summed E-state index contributed by atoms with van der Waals surface area (Å²) < 4.78 is 2.15. The third-order valence-electron chi connectivity index (χ3n) is 4.57. The molecule has 0 saturated carbocycles. The number of aryl methyl sites for hydroxylation is 2. The maximum atomic E-state index is 10.2. The summed E-state index contributed by atoms with van der Waals surface area (Å²) in [5.41, 5.74) is 1.42. The van der Waals surface area contributed by atoms with E-state index in [1.165, 1.54) is 0 Å². The molecule has 0 atom stereocenters. The fraction of sp³-hybridized carbons (Fsp3) is 0.238. The second kappa shape index (κ2) is 7.14. The van der Waals surface area contributed by atoms with Crippen molar-refractivity contribution in [1.82, 2.24) is 9.55 Å². The smallest absolute Gasteiger partial charge is 0.109 e. The summed E-state index contributed by atoms with van der Waals surface area (Å²) in [5.74, 6) is 1.06. The topological polar surface area (TPSA) is 41.6 Å². The van der Waals surface area contributed by atoms with Gasteiger partial charge in [0, 0.05) is 25.4 Å². The molecule has 0 spiro atoms. The van der Waals surface area contributed by atoms with E-state index >= 15 is 0 Å². The van der Waals surface area contributed by atoms with Gasteiger partial charge in [-0.05, 0) is 17.5 Å². The first-order chi connectivity index (χ1) is 11.8. The van der Waals surface area contributed by atoms with Crippen molar-refractivity contribution in [2.45, 2.75) is 31.7 Å². The van der Waals surface area contributed by atoms with E-state index in [4.69, 9.17) is 0 Å². The second-order valence-electron chi connectivity index (χ2n) is 5.89. The lowest BCUT2D eigenvalue weighted by atomic mass is 9.73. The Balaban J connectivity index is 2.01. The monoisotopic (exact) mass is 315 g/mol. The zero-order valence-corrected chi connectivity index (χ0v) is 13.9. The van der Waals surface area contributed by atoms with Crippen molar-refractivity contribution in [2.24, 2.45) is 0 Å². The Labute approximate surface area is 143 Å². The molecular formula is C21H21N3. The van der Waals surface area contributed by atoms with Crippen LogP contribution in [-0.2, 0) is 18.4 Å². The highest BCUT2D eigenvalue weighted by molar-refractivity contribution is 5.45. The predicted octanol–water partition coefficient (Wildman–Crippen LogP) is 4.35. The van der Waals surface area contributed by atoms with Gasteiger partial charge < -0.3 is 4.57 Å². The van der Waals surface area contributed by atoms with Crippen LogP contribution in [0.25, 0.3) is 0 Å². The molecule has 3 rings (SSSR count). The van der Waals surface area contributed by atoms with Crippen LogP contribution in [0, 0.1) is 11.3 Å². The summed E-state index contributed by atoms with van der Waals surface area (Å²) in [6.07, 6.45) is 5.43. The van der Waals surface area contributed by atoms with Gasteiger partial charge in [0.05, 0.1) is 6.07 Å². The van der Waals surface area contributed by atoms with Crippen molar-refractivity contribution in [3.05, 3.63) is 90.0 Å². The number of hydrogen-bond acceptors (Lipinski definition) is 2. The minimum atomic E-state index is -0.655. The van der Waals surface area contributed by atoms with E-state index in [0.717, 1.165) is 29.9 Å². The molecule has 0 amide bonds. The molecule has 3 heteroatoms. The van der Waals surface area contributed by atoms with Crippen molar-refractivity contribution in [3.63, 3.8) is 0 Å². The maximum Gasteiger partial charge on any atom is 0.109 e. The van der Waals surface area contributed by atoms with Crippen LogP contribution in [0.1, 0.15) is 30.3 Å². The first kappa shape index (κ1) is 16.0. The van der Waals surface area contributed by atoms with Crippen LogP contribution in [0.15, 0.2) is 73.1 Å². The van der Waals surface area contributed by atoms with Crippen molar-refractivity contribution in [2.75, 3.05) is 0 Å². The Morgan fingerprint density at radius 2 is 1.58 bits per heavy atom. The van der Waals surface area contributed by atoms with Crippen molar-refractivity contribution in [1.29, 1.82) is 5.26 Å². The van der Waals surface area contributed by atoms with Crippen molar-refractivity contribution < 1.29 is 0 Å². The standard InChI is InChI=1S/C21H21N3/c1-2-20-23-14-16-24(20)15-13-21(17-22,18-9-5-3-6-10-18)19-11-7-4-8-12-19/h3-12,14,16H,2,13,15H2,1H3. The summed E-state index contributed by atoms with van der Waals surface area (Å²) in [5, 5.41) is 10.2. The molecule has 3 aromatic rings. The van der Waals surface area contributed by atoms with Gasteiger partial charge in [-0.3, -0.25) is 0 Å². The zero-order valence-electron chi connectivity index (χ0n) is 13.9. The van der Waals surface area contributed by atoms with Gasteiger partial charge in [-0.2, -0.15) is 5.26 Å². The lowest BCUT2D eigenvalue weighted by Crippen LogP contribution is -2.28. The number of aromatic nitrogens is 2. The average Bonchev–Trinajstić information content (AvgIpc) is 3.12. The lowest BCUT2D eigenvalue weighted by molar-refractivity contribution is 0.510. The summed E-state index contributed by atoms with van der Waals surface area (Å²) in [6.45, 7) is 2.87. The molecule has 3 nitrogen and oxygen atoms in total. The van der Waals surface area contributed by atoms with E-state index in [1.54, 1.807) is 0 Å². The van der Waals surface area contributed by atoms with Gasteiger partial charge in [-0.25, -0.2) is 4.98 Å². The van der Waals surface area contributed by atoms with E-state index in [1.807, 2.05) is 73.1 Å². The van der Waals surface area contributed by atoms with Crippen LogP contribution in [0.4, 0.5) is 0 Å². The quantitative estimate of drug-likeness (QED) is 0.679. The van der Waals surface area contributed by atoms with Gasteiger partial charge in [-0.15, -0.1) is 0 Å². The fourth-order valence-electron chi connectivity index (χ4n) is 3.23. The average molecular weight is 315 g/mol. The molecule has 0 saturated heterocycles. The second-order valence-corrected chi connectivity index (χ2v) is 5.89. The van der Waals surface area contributed by atoms with Gasteiger partial charge in [0.1, 0.15) is 11.2 Å². The lowest BCUT2D eigenvalue weighted by Gasteiger charge is -2.28. The van der Waals surface area contributed by atoms with Crippen LogP contribution in [-0.4, -0.2) is 9.55 Å². The highest BCUT2D eigenvalue weighted by atomic mass is 15.1. The summed E-state index contributed by atoms with van der Waals surface area (Å²) in [6, 6.07) is 22.8. The fourth-order valence-corrected chi connectivity index (χ4v) is 3.23. The number of imidazole rings is 1. The van der Waals surface area contributed by atoms with Crippen LogP contribution in [0.5, 0.6) is 0 Å². The normalized spacial score (nSPS) is 11.2. The molecular weight excluding hydrogens is 294 g/mol. The molecule has 1 aromatic heterocycles. The molecule has 0 radical (unpaired) electrons. The van der Waals surface area contributed by atoms with E-state index in [0.29, 0.717) is 6.42 Å². The zero-order chi connectivity index (χ0) is 16.8. The number of rotatable bonds is 6. The third-order valence-corrected chi connectivity index (χ3v) is 4.57. The Hall–Kier alpha value is -2.86. The molecule has 1 heterocycles. The summed E-state index contributed by atoms with van der Waals surface area (Å²) >= 11 is 0. The third kappa shape index (κ3) is 2.96. The van der Waals surface area contributed by atoms with Gasteiger partial charge in [-0.1, -0.05) is 67.6 Å². The molecule has 0 aliphatic carbocycles. The Kier molecular flexibility index (Phi) is 4.77. The van der Waals surface area contributed by atoms with Crippen molar-refractivity contribution >= 4 is 0 Å². The minimum Gasteiger partial charge on any atom is -0.335 e. The number of nitrogens with zero attached hydrogens (tertiary/aromatic N) is 3. The highest BCUT2D eigenvalue weighted by Crippen LogP contribution is 2.35. The van der Waals surface area contributed by atoms with Gasteiger partial charge in [0.15, 0.2) is 0 Å². The molecule has 0 fully saturated rings.